The molecule has 0 spiro atoms. The molecule has 0 aliphatic rings. The highest BCUT2D eigenvalue weighted by atomic mass is 14.9. The summed E-state index contributed by atoms with van der Waals surface area (Å²) in [5, 5.41) is 0. The average Bonchev–Trinajstić information content (AvgIpc) is 2.76. The molecule has 2 aromatic rings. The van der Waals surface area contributed by atoms with Crippen LogP contribution in [0, 0.1) is 20.8 Å². The third kappa shape index (κ3) is 2.24. The Kier molecular flexibility index (Phi) is 3.29. The molecule has 1 atom stereocenters. The molecule has 0 saturated carbocycles. The number of hydrogen-bond donors (Lipinski definition) is 2. The summed E-state index contributed by atoms with van der Waals surface area (Å²) in [5.41, 5.74) is 11.1. The summed E-state index contributed by atoms with van der Waals surface area (Å²) < 4.78 is 0. The zero-order chi connectivity index (χ0) is 12.4. The Bertz CT molecular complexity index is 477. The monoisotopic (exact) mass is 229 g/mol. The summed E-state index contributed by atoms with van der Waals surface area (Å²) in [6.45, 7) is 6.97. The maximum absolute atomic E-state index is 5.91. The topological polar surface area (TPSA) is 54.7 Å². The van der Waals surface area contributed by atoms with Crippen LogP contribution in [-0.4, -0.2) is 16.5 Å². The van der Waals surface area contributed by atoms with Gasteiger partial charge in [-0.25, -0.2) is 4.98 Å². The van der Waals surface area contributed by atoms with Gasteiger partial charge >= 0.3 is 0 Å². The molecule has 1 aromatic carbocycles. The van der Waals surface area contributed by atoms with Crippen LogP contribution < -0.4 is 5.73 Å². The summed E-state index contributed by atoms with van der Waals surface area (Å²) in [5.74, 6) is 1.10. The first kappa shape index (κ1) is 11.9. The molecule has 3 heteroatoms. The summed E-state index contributed by atoms with van der Waals surface area (Å²) in [4.78, 5) is 7.50. The molecule has 0 bridgehead atoms. The van der Waals surface area contributed by atoms with Crippen molar-refractivity contribution in [1.29, 1.82) is 0 Å². The molecule has 0 amide bonds. The Hall–Kier alpha value is -1.61. The molecule has 17 heavy (non-hydrogen) atoms. The van der Waals surface area contributed by atoms with E-state index in [0.717, 1.165) is 5.82 Å². The van der Waals surface area contributed by atoms with Gasteiger partial charge in [-0.15, -0.1) is 0 Å². The molecule has 3 N–H and O–H groups in total. The van der Waals surface area contributed by atoms with Crippen LogP contribution in [0.1, 0.15) is 34.0 Å². The van der Waals surface area contributed by atoms with E-state index in [1.54, 1.807) is 6.20 Å². The first-order valence-electron chi connectivity index (χ1n) is 5.90. The SMILES string of the molecule is Cc1cc(C)c(C(CN)c2ncc[nH]2)c(C)c1. The summed E-state index contributed by atoms with van der Waals surface area (Å²) in [7, 11) is 0. The standard InChI is InChI=1S/C14H19N3/c1-9-6-10(2)13(11(3)7-9)12(8-15)14-16-4-5-17-14/h4-7,12H,8,15H2,1-3H3,(H,16,17). The van der Waals surface area contributed by atoms with Gasteiger partial charge in [0.2, 0.25) is 0 Å². The average molecular weight is 229 g/mol. The van der Waals surface area contributed by atoms with Gasteiger partial charge in [0.15, 0.2) is 0 Å². The predicted molar refractivity (Wildman–Crippen MR) is 70.1 cm³/mol. The largest absolute Gasteiger partial charge is 0.348 e. The van der Waals surface area contributed by atoms with E-state index in [9.17, 15) is 0 Å². The van der Waals surface area contributed by atoms with Crippen LogP contribution in [0.2, 0.25) is 0 Å². The third-order valence-electron chi connectivity index (χ3n) is 3.17. The van der Waals surface area contributed by atoms with Gasteiger partial charge in [0.25, 0.3) is 0 Å². The number of aryl methyl sites for hydroxylation is 3. The van der Waals surface area contributed by atoms with Crippen molar-refractivity contribution in [2.75, 3.05) is 6.54 Å². The fourth-order valence-electron chi connectivity index (χ4n) is 2.58. The number of nitrogens with two attached hydrogens (primary N) is 1. The lowest BCUT2D eigenvalue weighted by molar-refractivity contribution is 0.753. The minimum absolute atomic E-state index is 0.158. The zero-order valence-corrected chi connectivity index (χ0v) is 10.6. The second-order valence-corrected chi connectivity index (χ2v) is 4.58. The molecule has 0 aliphatic carbocycles. The van der Waals surface area contributed by atoms with Crippen molar-refractivity contribution in [2.45, 2.75) is 26.7 Å². The highest BCUT2D eigenvalue weighted by Crippen LogP contribution is 2.28. The van der Waals surface area contributed by atoms with Gasteiger partial charge in [-0.05, 0) is 37.5 Å². The number of aromatic nitrogens is 2. The number of H-pyrrole nitrogens is 1. The molecule has 0 fully saturated rings. The quantitative estimate of drug-likeness (QED) is 0.849. The van der Waals surface area contributed by atoms with Gasteiger partial charge in [0.1, 0.15) is 5.82 Å². The van der Waals surface area contributed by atoms with Gasteiger partial charge in [-0.1, -0.05) is 17.7 Å². The number of imidazole rings is 1. The Morgan fingerprint density at radius 1 is 1.24 bits per heavy atom. The van der Waals surface area contributed by atoms with Crippen molar-refractivity contribution < 1.29 is 0 Å². The van der Waals surface area contributed by atoms with Crippen LogP contribution in [-0.2, 0) is 0 Å². The van der Waals surface area contributed by atoms with E-state index in [4.69, 9.17) is 5.73 Å². The summed E-state index contributed by atoms with van der Waals surface area (Å²) in [6, 6.07) is 4.40. The Morgan fingerprint density at radius 3 is 2.35 bits per heavy atom. The van der Waals surface area contributed by atoms with Gasteiger partial charge in [0, 0.05) is 18.9 Å². The van der Waals surface area contributed by atoms with Crippen LogP contribution >= 0.6 is 0 Å². The molecule has 1 aromatic heterocycles. The molecule has 0 saturated heterocycles. The normalized spacial score (nSPS) is 12.7. The smallest absolute Gasteiger partial charge is 0.114 e. The van der Waals surface area contributed by atoms with Crippen LogP contribution in [0.25, 0.3) is 0 Å². The van der Waals surface area contributed by atoms with E-state index in [1.807, 2.05) is 6.20 Å². The molecule has 90 valence electrons. The van der Waals surface area contributed by atoms with Crippen molar-refractivity contribution in [3.63, 3.8) is 0 Å². The van der Waals surface area contributed by atoms with Crippen molar-refractivity contribution in [1.82, 2.24) is 9.97 Å². The highest BCUT2D eigenvalue weighted by Gasteiger charge is 2.19. The molecular formula is C14H19N3. The molecule has 1 heterocycles. The number of nitrogens with one attached hydrogen (secondary N) is 1. The molecule has 1 unspecified atom stereocenters. The van der Waals surface area contributed by atoms with Gasteiger partial charge in [-0.2, -0.15) is 0 Å². The van der Waals surface area contributed by atoms with Crippen LogP contribution in [0.3, 0.4) is 0 Å². The van der Waals surface area contributed by atoms with Crippen molar-refractivity contribution in [2.24, 2.45) is 5.73 Å². The third-order valence-corrected chi connectivity index (χ3v) is 3.17. The highest BCUT2D eigenvalue weighted by molar-refractivity contribution is 5.42. The first-order chi connectivity index (χ1) is 8.13. The lowest BCUT2D eigenvalue weighted by Crippen LogP contribution is -2.17. The van der Waals surface area contributed by atoms with E-state index >= 15 is 0 Å². The maximum Gasteiger partial charge on any atom is 0.114 e. The molecule has 0 radical (unpaired) electrons. The molecule has 0 aliphatic heterocycles. The van der Waals surface area contributed by atoms with E-state index in [-0.39, 0.29) is 5.92 Å². The summed E-state index contributed by atoms with van der Waals surface area (Å²) in [6.07, 6.45) is 3.62. The lowest BCUT2D eigenvalue weighted by atomic mass is 9.89. The first-order valence-corrected chi connectivity index (χ1v) is 5.90. The fourth-order valence-corrected chi connectivity index (χ4v) is 2.58. The van der Waals surface area contributed by atoms with Gasteiger partial charge in [-0.3, -0.25) is 0 Å². The van der Waals surface area contributed by atoms with Crippen molar-refractivity contribution in [3.05, 3.63) is 52.6 Å². The van der Waals surface area contributed by atoms with Gasteiger partial charge in [0.05, 0.1) is 5.92 Å². The Morgan fingerprint density at radius 2 is 1.88 bits per heavy atom. The molecule has 3 nitrogen and oxygen atoms in total. The fraction of sp³-hybridized carbons (Fsp3) is 0.357. The van der Waals surface area contributed by atoms with Crippen LogP contribution in [0.15, 0.2) is 24.5 Å². The Balaban J connectivity index is 2.52. The maximum atomic E-state index is 5.91. The van der Waals surface area contributed by atoms with Gasteiger partial charge < -0.3 is 10.7 Å². The van der Waals surface area contributed by atoms with E-state index in [0.29, 0.717) is 6.54 Å². The lowest BCUT2D eigenvalue weighted by Gasteiger charge is -2.19. The Labute approximate surface area is 102 Å². The van der Waals surface area contributed by atoms with E-state index in [1.165, 1.54) is 22.3 Å². The van der Waals surface area contributed by atoms with E-state index in [2.05, 4.69) is 42.9 Å². The van der Waals surface area contributed by atoms with Crippen LogP contribution in [0.5, 0.6) is 0 Å². The number of hydrogen-bond acceptors (Lipinski definition) is 2. The minimum Gasteiger partial charge on any atom is -0.348 e. The molecule has 2 rings (SSSR count). The minimum atomic E-state index is 0.158. The second-order valence-electron chi connectivity index (χ2n) is 4.58. The summed E-state index contributed by atoms with van der Waals surface area (Å²) >= 11 is 0. The van der Waals surface area contributed by atoms with Crippen LogP contribution in [0.4, 0.5) is 0 Å². The second kappa shape index (κ2) is 4.72. The molecular weight excluding hydrogens is 210 g/mol. The van der Waals surface area contributed by atoms with E-state index < -0.39 is 0 Å². The zero-order valence-electron chi connectivity index (χ0n) is 10.6. The predicted octanol–water partition coefficient (Wildman–Crippen LogP) is 2.43. The number of nitrogens with zero attached hydrogens (tertiary/aromatic N) is 1. The van der Waals surface area contributed by atoms with Crippen molar-refractivity contribution >= 4 is 0 Å². The number of aromatic amines is 1. The number of benzene rings is 1. The number of rotatable bonds is 3. The van der Waals surface area contributed by atoms with Crippen molar-refractivity contribution in [3.8, 4) is 0 Å².